The molecular formula is C27H22. The minimum atomic E-state index is 1.02. The van der Waals surface area contributed by atoms with Crippen LogP contribution >= 0.6 is 0 Å². The summed E-state index contributed by atoms with van der Waals surface area (Å²) in [6.45, 7) is 4.51. The Bertz CT molecular complexity index is 1150. The molecule has 5 rings (SSSR count). The third kappa shape index (κ3) is 2.52. The Morgan fingerprint density at radius 3 is 2.00 bits per heavy atom. The maximum Gasteiger partial charge on any atom is -0.000718 e. The summed E-state index contributed by atoms with van der Waals surface area (Å²) in [6.07, 6.45) is 1.02. The van der Waals surface area contributed by atoms with Crippen LogP contribution in [0.2, 0.25) is 0 Å². The van der Waals surface area contributed by atoms with Crippen LogP contribution in [0.1, 0.15) is 22.3 Å². The molecule has 4 aromatic rings. The summed E-state index contributed by atoms with van der Waals surface area (Å²) in [7, 11) is 0. The maximum atomic E-state index is 2.38. The third-order valence-corrected chi connectivity index (χ3v) is 5.91. The fraction of sp³-hybridized carbons (Fsp3) is 0.111. The second kappa shape index (κ2) is 6.25. The Hall–Kier alpha value is -3.12. The van der Waals surface area contributed by atoms with Gasteiger partial charge in [0.15, 0.2) is 0 Å². The minimum absolute atomic E-state index is 1.02. The van der Waals surface area contributed by atoms with Gasteiger partial charge in [-0.15, -0.1) is 0 Å². The summed E-state index contributed by atoms with van der Waals surface area (Å²) in [5.41, 5.74) is 13.8. The van der Waals surface area contributed by atoms with E-state index in [2.05, 4.69) is 98.8 Å². The van der Waals surface area contributed by atoms with Crippen molar-refractivity contribution >= 4 is 0 Å². The predicted molar refractivity (Wildman–Crippen MR) is 115 cm³/mol. The molecule has 0 N–H and O–H groups in total. The molecule has 130 valence electrons. The molecule has 0 heteroatoms. The Morgan fingerprint density at radius 2 is 1.22 bits per heavy atom. The molecule has 0 atom stereocenters. The molecule has 0 saturated carbocycles. The molecule has 0 amide bonds. The summed E-state index contributed by atoms with van der Waals surface area (Å²) < 4.78 is 0. The lowest BCUT2D eigenvalue weighted by Gasteiger charge is -2.19. The average Bonchev–Trinajstić information content (AvgIpc) is 3.08. The van der Waals surface area contributed by atoms with Gasteiger partial charge in [-0.3, -0.25) is 0 Å². The lowest BCUT2D eigenvalue weighted by Crippen LogP contribution is -1.97. The van der Waals surface area contributed by atoms with E-state index in [4.69, 9.17) is 0 Å². The number of benzene rings is 4. The van der Waals surface area contributed by atoms with Crippen LogP contribution in [0.5, 0.6) is 0 Å². The van der Waals surface area contributed by atoms with Crippen LogP contribution in [0, 0.1) is 13.8 Å². The van der Waals surface area contributed by atoms with Crippen LogP contribution in [0.25, 0.3) is 33.4 Å². The van der Waals surface area contributed by atoms with Gasteiger partial charge in [0, 0.05) is 0 Å². The molecule has 1 aliphatic rings. The van der Waals surface area contributed by atoms with E-state index in [0.29, 0.717) is 0 Å². The Kier molecular flexibility index (Phi) is 3.72. The lowest BCUT2D eigenvalue weighted by atomic mass is 9.85. The van der Waals surface area contributed by atoms with Crippen molar-refractivity contribution in [3.8, 4) is 33.4 Å². The van der Waals surface area contributed by atoms with Gasteiger partial charge < -0.3 is 0 Å². The standard InChI is InChI=1S/C27H22/c1-18-16-25-23-14-7-6-12-21(23)17-26(25)27(19(18)2)24-15-9-8-13-22(24)20-10-4-3-5-11-20/h3-16H,17H2,1-2H3. The smallest absolute Gasteiger partial charge is 0.000718 e. The highest BCUT2D eigenvalue weighted by Crippen LogP contribution is 2.46. The first-order valence-corrected chi connectivity index (χ1v) is 9.60. The van der Waals surface area contributed by atoms with Crippen molar-refractivity contribution < 1.29 is 0 Å². The lowest BCUT2D eigenvalue weighted by molar-refractivity contribution is 1.23. The van der Waals surface area contributed by atoms with Gasteiger partial charge in [0.25, 0.3) is 0 Å². The van der Waals surface area contributed by atoms with E-state index >= 15 is 0 Å². The van der Waals surface area contributed by atoms with Crippen molar-refractivity contribution in [2.75, 3.05) is 0 Å². The molecule has 0 saturated heterocycles. The van der Waals surface area contributed by atoms with E-state index in [9.17, 15) is 0 Å². The summed E-state index contributed by atoms with van der Waals surface area (Å²) in [5, 5.41) is 0. The van der Waals surface area contributed by atoms with Gasteiger partial charge in [-0.2, -0.15) is 0 Å². The van der Waals surface area contributed by atoms with E-state index in [1.165, 1.54) is 55.6 Å². The van der Waals surface area contributed by atoms with Crippen molar-refractivity contribution in [2.24, 2.45) is 0 Å². The molecule has 0 nitrogen and oxygen atoms in total. The molecule has 27 heavy (non-hydrogen) atoms. The van der Waals surface area contributed by atoms with E-state index in [1.54, 1.807) is 0 Å². The van der Waals surface area contributed by atoms with E-state index < -0.39 is 0 Å². The van der Waals surface area contributed by atoms with Crippen LogP contribution in [0.3, 0.4) is 0 Å². The molecule has 0 aromatic heterocycles. The molecule has 0 fully saturated rings. The first kappa shape index (κ1) is 16.1. The fourth-order valence-electron chi connectivity index (χ4n) is 4.46. The van der Waals surface area contributed by atoms with Crippen LogP contribution in [-0.2, 0) is 6.42 Å². The quantitative estimate of drug-likeness (QED) is 0.317. The van der Waals surface area contributed by atoms with Crippen LogP contribution < -0.4 is 0 Å². The van der Waals surface area contributed by atoms with Crippen molar-refractivity contribution in [1.82, 2.24) is 0 Å². The van der Waals surface area contributed by atoms with Gasteiger partial charge in [0.05, 0.1) is 0 Å². The zero-order valence-electron chi connectivity index (χ0n) is 15.8. The highest BCUT2D eigenvalue weighted by molar-refractivity contribution is 5.92. The van der Waals surface area contributed by atoms with Gasteiger partial charge in [-0.25, -0.2) is 0 Å². The molecule has 0 heterocycles. The number of aryl methyl sites for hydroxylation is 1. The average molecular weight is 346 g/mol. The largest absolute Gasteiger partial charge is 0.0622 e. The normalized spacial score (nSPS) is 11.9. The van der Waals surface area contributed by atoms with Crippen molar-refractivity contribution in [1.29, 1.82) is 0 Å². The second-order valence-corrected chi connectivity index (χ2v) is 7.47. The fourth-order valence-corrected chi connectivity index (χ4v) is 4.46. The van der Waals surface area contributed by atoms with Gasteiger partial charge in [0.1, 0.15) is 0 Å². The number of hydrogen-bond acceptors (Lipinski definition) is 0. The highest BCUT2D eigenvalue weighted by atomic mass is 14.3. The topological polar surface area (TPSA) is 0 Å². The third-order valence-electron chi connectivity index (χ3n) is 5.91. The van der Waals surface area contributed by atoms with E-state index in [1.807, 2.05) is 0 Å². The van der Waals surface area contributed by atoms with E-state index in [0.717, 1.165) is 6.42 Å². The summed E-state index contributed by atoms with van der Waals surface area (Å²) in [5.74, 6) is 0. The molecule has 0 spiro atoms. The zero-order chi connectivity index (χ0) is 18.4. The first-order valence-electron chi connectivity index (χ1n) is 9.60. The van der Waals surface area contributed by atoms with Crippen LogP contribution in [0.15, 0.2) is 84.9 Å². The van der Waals surface area contributed by atoms with Gasteiger partial charge in [0.2, 0.25) is 0 Å². The molecule has 0 aliphatic heterocycles. The predicted octanol–water partition coefficient (Wildman–Crippen LogP) is 7.21. The molecule has 4 aromatic carbocycles. The second-order valence-electron chi connectivity index (χ2n) is 7.47. The number of fused-ring (bicyclic) bond motifs is 3. The van der Waals surface area contributed by atoms with Crippen LogP contribution in [-0.4, -0.2) is 0 Å². The first-order chi connectivity index (χ1) is 13.2. The number of hydrogen-bond donors (Lipinski definition) is 0. The monoisotopic (exact) mass is 346 g/mol. The highest BCUT2D eigenvalue weighted by Gasteiger charge is 2.25. The van der Waals surface area contributed by atoms with E-state index in [-0.39, 0.29) is 0 Å². The Labute approximate surface area is 161 Å². The summed E-state index contributed by atoms with van der Waals surface area (Å²) >= 11 is 0. The zero-order valence-corrected chi connectivity index (χ0v) is 15.8. The van der Waals surface area contributed by atoms with Gasteiger partial charge >= 0.3 is 0 Å². The Morgan fingerprint density at radius 1 is 0.593 bits per heavy atom. The van der Waals surface area contributed by atoms with Crippen LogP contribution in [0.4, 0.5) is 0 Å². The maximum absolute atomic E-state index is 2.38. The molecule has 0 unspecified atom stereocenters. The SMILES string of the molecule is Cc1cc2c(c(-c3ccccc3-c3ccccc3)c1C)Cc1ccccc1-2. The van der Waals surface area contributed by atoms with Gasteiger partial charge in [-0.05, 0) is 75.9 Å². The molecular weight excluding hydrogens is 324 g/mol. The summed E-state index contributed by atoms with van der Waals surface area (Å²) in [6, 6.07) is 30.8. The number of rotatable bonds is 2. The van der Waals surface area contributed by atoms with Crippen molar-refractivity contribution in [3.05, 3.63) is 107 Å². The minimum Gasteiger partial charge on any atom is -0.0622 e. The molecule has 0 bridgehead atoms. The van der Waals surface area contributed by atoms with Crippen molar-refractivity contribution in [3.63, 3.8) is 0 Å². The Balaban J connectivity index is 1.81. The summed E-state index contributed by atoms with van der Waals surface area (Å²) in [4.78, 5) is 0. The molecule has 0 radical (unpaired) electrons. The molecule has 1 aliphatic carbocycles. The van der Waals surface area contributed by atoms with Crippen molar-refractivity contribution in [2.45, 2.75) is 20.3 Å². The van der Waals surface area contributed by atoms with Gasteiger partial charge in [-0.1, -0.05) is 84.9 Å².